The molecule has 1 aliphatic rings. The van der Waals surface area contributed by atoms with E-state index in [9.17, 15) is 0 Å². The van der Waals surface area contributed by atoms with E-state index in [0.717, 1.165) is 29.5 Å². The van der Waals surface area contributed by atoms with Crippen molar-refractivity contribution in [2.45, 2.75) is 32.0 Å². The van der Waals surface area contributed by atoms with Crippen LogP contribution in [0.1, 0.15) is 24.3 Å². The number of furan rings is 1. The van der Waals surface area contributed by atoms with Gasteiger partial charge in [-0.2, -0.15) is 0 Å². The van der Waals surface area contributed by atoms with Crippen LogP contribution in [0, 0.1) is 0 Å². The van der Waals surface area contributed by atoms with Gasteiger partial charge in [0.25, 0.3) is 0 Å². The molecule has 1 fully saturated rings. The first-order valence-electron chi connectivity index (χ1n) is 5.66. The fourth-order valence-electron chi connectivity index (χ4n) is 1.87. The monoisotopic (exact) mass is 250 g/mol. The van der Waals surface area contributed by atoms with Crippen molar-refractivity contribution in [3.63, 3.8) is 0 Å². The van der Waals surface area contributed by atoms with Gasteiger partial charge in [-0.1, -0.05) is 4.49 Å². The van der Waals surface area contributed by atoms with Gasteiger partial charge in [0, 0.05) is 24.1 Å². The number of aromatic nitrogens is 2. The van der Waals surface area contributed by atoms with Crippen LogP contribution in [-0.4, -0.2) is 20.5 Å². The van der Waals surface area contributed by atoms with Gasteiger partial charge in [-0.15, -0.1) is 5.10 Å². The maximum Gasteiger partial charge on any atom is 0.132 e. The highest BCUT2D eigenvalue weighted by Crippen LogP contribution is 2.30. The summed E-state index contributed by atoms with van der Waals surface area (Å²) in [7, 11) is 0. The van der Waals surface area contributed by atoms with Crippen molar-refractivity contribution in [2.75, 3.05) is 5.73 Å². The number of rotatable bonds is 5. The Hall–Kier alpha value is -1.40. The van der Waals surface area contributed by atoms with Crippen LogP contribution in [0.2, 0.25) is 0 Å². The molecule has 2 aromatic rings. The lowest BCUT2D eigenvalue weighted by molar-refractivity contribution is 0.223. The lowest BCUT2D eigenvalue weighted by atomic mass is 10.3. The first kappa shape index (κ1) is 10.7. The van der Waals surface area contributed by atoms with Crippen molar-refractivity contribution in [1.29, 1.82) is 0 Å². The smallest absolute Gasteiger partial charge is 0.132 e. The van der Waals surface area contributed by atoms with E-state index in [1.165, 1.54) is 24.4 Å². The minimum absolute atomic E-state index is 0.640. The van der Waals surface area contributed by atoms with Gasteiger partial charge in [0.1, 0.15) is 16.5 Å². The van der Waals surface area contributed by atoms with E-state index in [4.69, 9.17) is 10.2 Å². The van der Waals surface area contributed by atoms with Crippen LogP contribution in [0.4, 0.5) is 5.00 Å². The van der Waals surface area contributed by atoms with E-state index in [2.05, 4.69) is 14.5 Å². The summed E-state index contributed by atoms with van der Waals surface area (Å²) in [6, 6.07) is 4.55. The van der Waals surface area contributed by atoms with E-state index in [-0.39, 0.29) is 0 Å². The second kappa shape index (κ2) is 4.46. The molecule has 0 amide bonds. The molecule has 0 aromatic carbocycles. The summed E-state index contributed by atoms with van der Waals surface area (Å²) in [5.41, 5.74) is 6.71. The summed E-state index contributed by atoms with van der Waals surface area (Å²) in [6.45, 7) is 1.57. The van der Waals surface area contributed by atoms with Gasteiger partial charge >= 0.3 is 0 Å². The molecule has 17 heavy (non-hydrogen) atoms. The standard InChI is InChI=1S/C11H14N4OS/c12-11-10(13-14-17-11)7-15(8-3-4-8)6-9-2-1-5-16-9/h1-2,5,8H,3-4,6-7,12H2. The molecule has 2 aromatic heterocycles. The minimum Gasteiger partial charge on any atom is -0.468 e. The van der Waals surface area contributed by atoms with E-state index >= 15 is 0 Å². The van der Waals surface area contributed by atoms with Crippen LogP contribution in [-0.2, 0) is 13.1 Å². The van der Waals surface area contributed by atoms with E-state index in [1.54, 1.807) is 6.26 Å². The highest BCUT2D eigenvalue weighted by atomic mass is 32.1. The average molecular weight is 250 g/mol. The molecule has 0 aliphatic heterocycles. The van der Waals surface area contributed by atoms with E-state index in [0.29, 0.717) is 6.04 Å². The van der Waals surface area contributed by atoms with E-state index < -0.39 is 0 Å². The third kappa shape index (κ3) is 2.48. The quantitative estimate of drug-likeness (QED) is 0.877. The van der Waals surface area contributed by atoms with Crippen LogP contribution in [0.3, 0.4) is 0 Å². The Balaban J connectivity index is 1.70. The van der Waals surface area contributed by atoms with Crippen molar-refractivity contribution in [3.8, 4) is 0 Å². The predicted molar refractivity (Wildman–Crippen MR) is 65.3 cm³/mol. The van der Waals surface area contributed by atoms with Crippen molar-refractivity contribution in [3.05, 3.63) is 29.9 Å². The first-order valence-corrected chi connectivity index (χ1v) is 6.43. The normalized spacial score (nSPS) is 15.6. The van der Waals surface area contributed by atoms with Crippen molar-refractivity contribution < 1.29 is 4.42 Å². The molecule has 1 aliphatic carbocycles. The summed E-state index contributed by atoms with van der Waals surface area (Å²) in [4.78, 5) is 2.35. The molecule has 0 radical (unpaired) electrons. The van der Waals surface area contributed by atoms with Gasteiger partial charge in [-0.25, -0.2) is 0 Å². The molecule has 5 nitrogen and oxygen atoms in total. The second-order valence-corrected chi connectivity index (χ2v) is 5.09. The van der Waals surface area contributed by atoms with E-state index in [1.807, 2.05) is 12.1 Å². The molecular weight excluding hydrogens is 236 g/mol. The maximum absolute atomic E-state index is 5.83. The van der Waals surface area contributed by atoms with Crippen LogP contribution in [0.25, 0.3) is 0 Å². The SMILES string of the molecule is Nc1snnc1CN(Cc1ccco1)C1CC1. The molecule has 2 N–H and O–H groups in total. The minimum atomic E-state index is 0.640. The number of hydrogen-bond acceptors (Lipinski definition) is 6. The Morgan fingerprint density at radius 1 is 1.47 bits per heavy atom. The van der Waals surface area contributed by atoms with Gasteiger partial charge in [-0.05, 0) is 25.0 Å². The molecular formula is C11H14N4OS. The zero-order chi connectivity index (χ0) is 11.7. The molecule has 0 bridgehead atoms. The van der Waals surface area contributed by atoms with Crippen LogP contribution >= 0.6 is 11.5 Å². The average Bonchev–Trinajstić information content (AvgIpc) is 2.91. The highest BCUT2D eigenvalue weighted by Gasteiger charge is 2.30. The predicted octanol–water partition coefficient (Wildman–Crippen LogP) is 1.88. The number of nitrogen functional groups attached to an aromatic ring is 1. The fraction of sp³-hybridized carbons (Fsp3) is 0.455. The van der Waals surface area contributed by atoms with Gasteiger partial charge < -0.3 is 10.2 Å². The summed E-state index contributed by atoms with van der Waals surface area (Å²) in [6.07, 6.45) is 4.20. The molecule has 1 saturated carbocycles. The van der Waals surface area contributed by atoms with Crippen LogP contribution in [0.15, 0.2) is 22.8 Å². The third-order valence-corrected chi connectivity index (χ3v) is 3.54. The van der Waals surface area contributed by atoms with Crippen molar-refractivity contribution >= 4 is 16.5 Å². The molecule has 3 rings (SSSR count). The highest BCUT2D eigenvalue weighted by molar-refractivity contribution is 7.09. The Bertz CT molecular complexity index is 477. The van der Waals surface area contributed by atoms with Gasteiger partial charge in [0.05, 0.1) is 12.8 Å². The Morgan fingerprint density at radius 2 is 2.35 bits per heavy atom. The maximum atomic E-state index is 5.83. The van der Waals surface area contributed by atoms with Gasteiger partial charge in [0.2, 0.25) is 0 Å². The summed E-state index contributed by atoms with van der Waals surface area (Å²) < 4.78 is 9.25. The Labute approximate surface area is 103 Å². The second-order valence-electron chi connectivity index (χ2n) is 4.30. The Morgan fingerprint density at radius 3 is 2.94 bits per heavy atom. The fourth-order valence-corrected chi connectivity index (χ4v) is 2.31. The summed E-state index contributed by atoms with van der Waals surface area (Å²) in [5.74, 6) is 0.985. The Kier molecular flexibility index (Phi) is 2.82. The summed E-state index contributed by atoms with van der Waals surface area (Å²) >= 11 is 1.25. The van der Waals surface area contributed by atoms with Gasteiger partial charge in [-0.3, -0.25) is 4.90 Å². The van der Waals surface area contributed by atoms with Crippen molar-refractivity contribution in [2.24, 2.45) is 0 Å². The van der Waals surface area contributed by atoms with Crippen LogP contribution < -0.4 is 5.73 Å². The largest absolute Gasteiger partial charge is 0.468 e. The molecule has 0 saturated heterocycles. The van der Waals surface area contributed by atoms with Crippen molar-refractivity contribution in [1.82, 2.24) is 14.5 Å². The molecule has 0 spiro atoms. The number of anilines is 1. The molecule has 2 heterocycles. The molecule has 0 unspecified atom stereocenters. The van der Waals surface area contributed by atoms with Crippen LogP contribution in [0.5, 0.6) is 0 Å². The zero-order valence-electron chi connectivity index (χ0n) is 9.37. The summed E-state index contributed by atoms with van der Waals surface area (Å²) in [5, 5.41) is 4.78. The number of nitrogens with zero attached hydrogens (tertiary/aromatic N) is 3. The first-order chi connectivity index (χ1) is 8.33. The number of nitrogens with two attached hydrogens (primary N) is 1. The zero-order valence-corrected chi connectivity index (χ0v) is 10.2. The molecule has 6 heteroatoms. The molecule has 90 valence electrons. The lowest BCUT2D eigenvalue weighted by Gasteiger charge is -2.19. The number of hydrogen-bond donors (Lipinski definition) is 1. The topological polar surface area (TPSA) is 68.2 Å². The third-order valence-electron chi connectivity index (χ3n) is 2.94. The molecule has 0 atom stereocenters. The van der Waals surface area contributed by atoms with Gasteiger partial charge in [0.15, 0.2) is 0 Å². The lowest BCUT2D eigenvalue weighted by Crippen LogP contribution is -2.25.